The normalized spacial score (nSPS) is 12.5. The van der Waals surface area contributed by atoms with E-state index in [1.807, 2.05) is 11.6 Å². The molecule has 2 aromatic heterocycles. The Labute approximate surface area is 87.8 Å². The van der Waals surface area contributed by atoms with Gasteiger partial charge < -0.3 is 5.32 Å². The van der Waals surface area contributed by atoms with E-state index in [9.17, 15) is 0 Å². The molecule has 0 unspecified atom stereocenters. The molecule has 0 aliphatic rings. The molecule has 0 radical (unpaired) electrons. The van der Waals surface area contributed by atoms with Gasteiger partial charge in [0.2, 0.25) is 0 Å². The van der Waals surface area contributed by atoms with Crippen molar-refractivity contribution in [2.45, 2.75) is 32.9 Å². The molecule has 0 aromatic carbocycles. The van der Waals surface area contributed by atoms with Crippen LogP contribution >= 0.6 is 11.3 Å². The average Bonchev–Trinajstić information content (AvgIpc) is 2.56. The van der Waals surface area contributed by atoms with Crippen molar-refractivity contribution in [3.63, 3.8) is 0 Å². The smallest absolute Gasteiger partial charge is 0.193 e. The topological polar surface area (TPSA) is 29.3 Å². The molecule has 1 N–H and O–H groups in total. The highest BCUT2D eigenvalue weighted by Gasteiger charge is 2.10. The third-order valence-electron chi connectivity index (χ3n) is 1.94. The van der Waals surface area contributed by atoms with Crippen molar-refractivity contribution in [2.75, 3.05) is 0 Å². The molecule has 0 atom stereocenters. The molecule has 0 aliphatic carbocycles. The molecule has 0 aliphatic heterocycles. The number of hydrogen-bond donors (Lipinski definition) is 1. The van der Waals surface area contributed by atoms with E-state index in [0.717, 1.165) is 17.2 Å². The zero-order valence-electron chi connectivity index (χ0n) is 8.74. The standard InChI is InChI=1S/C10H15N3S/c1-10(2,3)11-6-8-7-13-4-5-14-9(13)12-8/h4-5,7,11H,6H2,1-3H3. The maximum Gasteiger partial charge on any atom is 0.193 e. The number of aromatic nitrogens is 2. The summed E-state index contributed by atoms with van der Waals surface area (Å²) in [5, 5.41) is 5.46. The summed E-state index contributed by atoms with van der Waals surface area (Å²) in [6.45, 7) is 7.31. The predicted molar refractivity (Wildman–Crippen MR) is 59.7 cm³/mol. The summed E-state index contributed by atoms with van der Waals surface area (Å²) in [5.41, 5.74) is 1.25. The lowest BCUT2D eigenvalue weighted by molar-refractivity contribution is 0.422. The maximum absolute atomic E-state index is 4.49. The fraction of sp³-hybridized carbons (Fsp3) is 0.500. The van der Waals surface area contributed by atoms with E-state index in [1.54, 1.807) is 11.3 Å². The van der Waals surface area contributed by atoms with Crippen LogP contribution in [0.15, 0.2) is 17.8 Å². The molecule has 4 heteroatoms. The van der Waals surface area contributed by atoms with Crippen LogP contribution in [0.25, 0.3) is 4.96 Å². The highest BCUT2D eigenvalue weighted by atomic mass is 32.1. The van der Waals surface area contributed by atoms with Crippen LogP contribution in [0, 0.1) is 0 Å². The first-order chi connectivity index (χ1) is 6.54. The first-order valence-corrected chi connectivity index (χ1v) is 5.59. The van der Waals surface area contributed by atoms with Crippen molar-refractivity contribution >= 4 is 16.3 Å². The van der Waals surface area contributed by atoms with Crippen LogP contribution in [0.4, 0.5) is 0 Å². The van der Waals surface area contributed by atoms with Gasteiger partial charge in [0.25, 0.3) is 0 Å². The van der Waals surface area contributed by atoms with Crippen molar-refractivity contribution in [3.8, 4) is 0 Å². The second-order valence-corrected chi connectivity index (χ2v) is 5.30. The minimum atomic E-state index is 0.150. The van der Waals surface area contributed by atoms with Gasteiger partial charge in [0.1, 0.15) is 0 Å². The van der Waals surface area contributed by atoms with Crippen molar-refractivity contribution in [3.05, 3.63) is 23.5 Å². The Morgan fingerprint density at radius 1 is 1.50 bits per heavy atom. The van der Waals surface area contributed by atoms with Crippen LogP contribution in [0.5, 0.6) is 0 Å². The third kappa shape index (κ3) is 2.13. The monoisotopic (exact) mass is 209 g/mol. The first kappa shape index (κ1) is 9.68. The summed E-state index contributed by atoms with van der Waals surface area (Å²) >= 11 is 1.67. The predicted octanol–water partition coefficient (Wildman–Crippen LogP) is 2.28. The van der Waals surface area contributed by atoms with Crippen LogP contribution in [0.1, 0.15) is 26.5 Å². The second-order valence-electron chi connectivity index (χ2n) is 4.43. The van der Waals surface area contributed by atoms with Gasteiger partial charge >= 0.3 is 0 Å². The van der Waals surface area contributed by atoms with Crippen molar-refractivity contribution in [1.29, 1.82) is 0 Å². The van der Waals surface area contributed by atoms with Crippen molar-refractivity contribution in [1.82, 2.24) is 14.7 Å². The number of nitrogens with one attached hydrogen (secondary N) is 1. The fourth-order valence-corrected chi connectivity index (χ4v) is 1.94. The molecular weight excluding hydrogens is 194 g/mol. The lowest BCUT2D eigenvalue weighted by Gasteiger charge is -2.19. The molecule has 0 saturated carbocycles. The SMILES string of the molecule is CC(C)(C)NCc1cn2ccsc2n1. The molecule has 2 aromatic rings. The number of imidazole rings is 1. The molecular formula is C10H15N3S. The third-order valence-corrected chi connectivity index (χ3v) is 2.71. The molecule has 76 valence electrons. The number of fused-ring (bicyclic) bond motifs is 1. The fourth-order valence-electron chi connectivity index (χ4n) is 1.22. The molecule has 0 saturated heterocycles. The number of rotatable bonds is 2. The average molecular weight is 209 g/mol. The Morgan fingerprint density at radius 3 is 2.93 bits per heavy atom. The second kappa shape index (κ2) is 3.37. The van der Waals surface area contributed by atoms with E-state index in [2.05, 4.69) is 41.7 Å². The summed E-state index contributed by atoms with van der Waals surface area (Å²) in [6.07, 6.45) is 4.11. The highest BCUT2D eigenvalue weighted by Crippen LogP contribution is 2.11. The van der Waals surface area contributed by atoms with Crippen molar-refractivity contribution in [2.24, 2.45) is 0 Å². The van der Waals surface area contributed by atoms with Crippen LogP contribution < -0.4 is 5.32 Å². The largest absolute Gasteiger partial charge is 0.306 e. The Bertz CT molecular complexity index is 393. The summed E-state index contributed by atoms with van der Waals surface area (Å²) in [6, 6.07) is 0. The van der Waals surface area contributed by atoms with E-state index >= 15 is 0 Å². The van der Waals surface area contributed by atoms with Gasteiger partial charge in [0, 0.05) is 29.9 Å². The minimum absolute atomic E-state index is 0.150. The van der Waals surface area contributed by atoms with Gasteiger partial charge in [-0.25, -0.2) is 4.98 Å². The molecule has 0 amide bonds. The molecule has 3 nitrogen and oxygen atoms in total. The summed E-state index contributed by atoms with van der Waals surface area (Å²) in [4.78, 5) is 5.56. The van der Waals surface area contributed by atoms with E-state index in [-0.39, 0.29) is 5.54 Å². The van der Waals surface area contributed by atoms with Gasteiger partial charge in [-0.05, 0) is 20.8 Å². The molecule has 2 rings (SSSR count). The Balaban J connectivity index is 2.09. The zero-order valence-corrected chi connectivity index (χ0v) is 9.56. The number of thiazole rings is 1. The summed E-state index contributed by atoms with van der Waals surface area (Å²) < 4.78 is 2.06. The number of nitrogens with zero attached hydrogens (tertiary/aromatic N) is 2. The quantitative estimate of drug-likeness (QED) is 0.822. The van der Waals surface area contributed by atoms with Gasteiger partial charge in [-0.15, -0.1) is 11.3 Å². The molecule has 2 heterocycles. The van der Waals surface area contributed by atoms with E-state index in [1.165, 1.54) is 0 Å². The van der Waals surface area contributed by atoms with Crippen LogP contribution in [-0.2, 0) is 6.54 Å². The van der Waals surface area contributed by atoms with Crippen molar-refractivity contribution < 1.29 is 0 Å². The van der Waals surface area contributed by atoms with Gasteiger partial charge in [-0.2, -0.15) is 0 Å². The van der Waals surface area contributed by atoms with E-state index < -0.39 is 0 Å². The lowest BCUT2D eigenvalue weighted by atomic mass is 10.1. The molecule has 0 bridgehead atoms. The summed E-state index contributed by atoms with van der Waals surface area (Å²) in [5.74, 6) is 0. The summed E-state index contributed by atoms with van der Waals surface area (Å²) in [7, 11) is 0. The first-order valence-electron chi connectivity index (χ1n) is 4.71. The van der Waals surface area contributed by atoms with E-state index in [0.29, 0.717) is 0 Å². The zero-order chi connectivity index (χ0) is 10.2. The van der Waals surface area contributed by atoms with Gasteiger partial charge in [0.05, 0.1) is 5.69 Å². The number of hydrogen-bond acceptors (Lipinski definition) is 3. The lowest BCUT2D eigenvalue weighted by Crippen LogP contribution is -2.35. The maximum atomic E-state index is 4.49. The van der Waals surface area contributed by atoms with Gasteiger partial charge in [0.15, 0.2) is 4.96 Å². The minimum Gasteiger partial charge on any atom is -0.306 e. The molecule has 0 spiro atoms. The molecule has 0 fully saturated rings. The van der Waals surface area contributed by atoms with Crippen LogP contribution in [0.2, 0.25) is 0 Å². The Kier molecular flexibility index (Phi) is 2.33. The van der Waals surface area contributed by atoms with Crippen LogP contribution in [-0.4, -0.2) is 14.9 Å². The molecule has 14 heavy (non-hydrogen) atoms. The Hall–Kier alpha value is -0.870. The van der Waals surface area contributed by atoms with E-state index in [4.69, 9.17) is 0 Å². The van der Waals surface area contributed by atoms with Gasteiger partial charge in [-0.1, -0.05) is 0 Å². The Morgan fingerprint density at radius 2 is 2.29 bits per heavy atom. The van der Waals surface area contributed by atoms with Gasteiger partial charge in [-0.3, -0.25) is 4.40 Å². The van der Waals surface area contributed by atoms with Crippen LogP contribution in [0.3, 0.4) is 0 Å². The highest BCUT2D eigenvalue weighted by molar-refractivity contribution is 7.15.